The second-order valence-corrected chi connectivity index (χ2v) is 11.6. The van der Waals surface area contributed by atoms with Crippen LogP contribution in [0.3, 0.4) is 0 Å². The predicted molar refractivity (Wildman–Crippen MR) is 154 cm³/mol. The first kappa shape index (κ1) is 30.0. The van der Waals surface area contributed by atoms with Gasteiger partial charge in [0.15, 0.2) is 0 Å². The molecule has 4 aliphatic rings. The molecule has 42 heavy (non-hydrogen) atoms. The Hall–Kier alpha value is -3.50. The molecule has 5 bridgehead atoms. The van der Waals surface area contributed by atoms with Crippen LogP contribution in [0, 0.1) is 11.8 Å². The number of likely N-dealkylation sites (tertiary alicyclic amines) is 1. The van der Waals surface area contributed by atoms with Gasteiger partial charge < -0.3 is 29.7 Å². The standard InChI is InChI=1S/C32H41N3O7/c1-3-4-17-34-18-10-6-9-14-24(37)33-21(2)27(22-12-7-5-8-13-22)41-31(40)25-23-15-16-32(42-23)26(25)29(38)35(19-11-20-36)28(32)30(34)39/h5-8,10,12-13,15-16,21,23,25-28,36H,3-4,9,11,14,17-20H2,1-2H3,(H,33,37)/b10-6-/t21-,23+,25-,26-,27+,28+,32-/m0/s1. The van der Waals surface area contributed by atoms with Crippen molar-refractivity contribution in [1.29, 1.82) is 0 Å². The van der Waals surface area contributed by atoms with Gasteiger partial charge in [0.1, 0.15) is 23.7 Å². The number of esters is 1. The summed E-state index contributed by atoms with van der Waals surface area (Å²) in [5, 5.41) is 12.6. The molecule has 2 saturated heterocycles. The minimum atomic E-state index is -1.30. The second-order valence-electron chi connectivity index (χ2n) is 11.6. The number of ether oxygens (including phenoxy) is 2. The van der Waals surface area contributed by atoms with Crippen LogP contribution in [-0.2, 0) is 28.7 Å². The molecule has 0 aliphatic carbocycles. The molecule has 4 aliphatic heterocycles. The van der Waals surface area contributed by atoms with Gasteiger partial charge in [-0.3, -0.25) is 19.2 Å². The molecule has 10 nitrogen and oxygen atoms in total. The zero-order valence-corrected chi connectivity index (χ0v) is 24.3. The first-order chi connectivity index (χ1) is 20.3. The predicted octanol–water partition coefficient (Wildman–Crippen LogP) is 2.29. The number of fused-ring (bicyclic) bond motifs is 2. The first-order valence-electron chi connectivity index (χ1n) is 15.1. The number of aliphatic hydroxyl groups is 1. The van der Waals surface area contributed by atoms with Crippen molar-refractivity contribution in [2.45, 2.75) is 75.8 Å². The highest BCUT2D eigenvalue weighted by molar-refractivity contribution is 5.99. The molecule has 1 aromatic rings. The van der Waals surface area contributed by atoms with Crippen LogP contribution in [0.25, 0.3) is 0 Å². The van der Waals surface area contributed by atoms with E-state index in [0.717, 1.165) is 12.8 Å². The Bertz CT molecular complexity index is 1230. The van der Waals surface area contributed by atoms with Crippen molar-refractivity contribution in [1.82, 2.24) is 15.1 Å². The largest absolute Gasteiger partial charge is 0.455 e. The molecule has 0 unspecified atom stereocenters. The molecular weight excluding hydrogens is 538 g/mol. The summed E-state index contributed by atoms with van der Waals surface area (Å²) in [6, 6.07) is 7.70. The van der Waals surface area contributed by atoms with Crippen LogP contribution in [-0.4, -0.2) is 88.6 Å². The van der Waals surface area contributed by atoms with Crippen molar-refractivity contribution in [3.05, 3.63) is 60.2 Å². The number of unbranched alkanes of at least 4 members (excludes halogenated alkanes) is 1. The number of aliphatic hydroxyl groups excluding tert-OH is 1. The van der Waals surface area contributed by atoms with E-state index in [1.165, 1.54) is 4.90 Å². The van der Waals surface area contributed by atoms with Gasteiger partial charge in [-0.1, -0.05) is 68.0 Å². The van der Waals surface area contributed by atoms with Crippen LogP contribution in [0.5, 0.6) is 0 Å². The SMILES string of the molecule is CCCCN1C/C=C\CCC(=O)N[C@@H](C)[C@H](c2ccccc2)OC(=O)[C@@H]2[C@H]3C(=O)N(CCCO)[C@H](C1=O)[C@]31C=C[C@H]2O1. The fourth-order valence-electron chi connectivity index (χ4n) is 6.75. The highest BCUT2D eigenvalue weighted by Crippen LogP contribution is 2.56. The van der Waals surface area contributed by atoms with Crippen molar-refractivity contribution in [3.63, 3.8) is 0 Å². The monoisotopic (exact) mass is 579 g/mol. The van der Waals surface area contributed by atoms with E-state index in [2.05, 4.69) is 5.32 Å². The number of cyclic esters (lactones) is 1. The molecule has 0 saturated carbocycles. The minimum Gasteiger partial charge on any atom is -0.455 e. The Morgan fingerprint density at radius 3 is 2.57 bits per heavy atom. The normalized spacial score (nSPS) is 34.0. The van der Waals surface area contributed by atoms with Gasteiger partial charge in [0.05, 0.1) is 18.1 Å². The lowest BCUT2D eigenvalue weighted by atomic mass is 9.74. The van der Waals surface area contributed by atoms with Gasteiger partial charge in [0, 0.05) is 32.7 Å². The summed E-state index contributed by atoms with van der Waals surface area (Å²) in [6.45, 7) is 4.69. The molecule has 4 heterocycles. The highest BCUT2D eigenvalue weighted by atomic mass is 16.6. The average Bonchev–Trinajstić information content (AvgIpc) is 3.63. The summed E-state index contributed by atoms with van der Waals surface area (Å²) in [4.78, 5) is 58.4. The van der Waals surface area contributed by atoms with Crippen LogP contribution >= 0.6 is 0 Å². The van der Waals surface area contributed by atoms with E-state index < -0.39 is 47.7 Å². The quantitative estimate of drug-likeness (QED) is 0.375. The Balaban J connectivity index is 1.56. The van der Waals surface area contributed by atoms with Gasteiger partial charge in [-0.15, -0.1) is 0 Å². The van der Waals surface area contributed by atoms with Crippen LogP contribution in [0.2, 0.25) is 0 Å². The summed E-state index contributed by atoms with van der Waals surface area (Å²) in [7, 11) is 0. The Morgan fingerprint density at radius 1 is 1.05 bits per heavy atom. The molecule has 1 aromatic carbocycles. The fraction of sp³-hybridized carbons (Fsp3) is 0.562. The topological polar surface area (TPSA) is 125 Å². The average molecular weight is 580 g/mol. The summed E-state index contributed by atoms with van der Waals surface area (Å²) < 4.78 is 12.6. The van der Waals surface area contributed by atoms with Gasteiger partial charge in [0.2, 0.25) is 17.7 Å². The number of hydrogen-bond donors (Lipinski definition) is 2. The minimum absolute atomic E-state index is 0.141. The van der Waals surface area contributed by atoms with Crippen molar-refractivity contribution in [2.75, 3.05) is 26.2 Å². The third-order valence-electron chi connectivity index (χ3n) is 8.77. The maximum atomic E-state index is 14.3. The number of carbonyl (C=O) groups is 4. The number of nitrogens with zero attached hydrogens (tertiary/aromatic N) is 2. The molecule has 2 fully saturated rings. The van der Waals surface area contributed by atoms with Crippen molar-refractivity contribution in [2.24, 2.45) is 11.8 Å². The molecule has 3 amide bonds. The highest BCUT2D eigenvalue weighted by Gasteiger charge is 2.73. The molecule has 1 spiro atoms. The zero-order chi connectivity index (χ0) is 29.9. The van der Waals surface area contributed by atoms with E-state index in [9.17, 15) is 24.3 Å². The lowest BCUT2D eigenvalue weighted by Gasteiger charge is -2.36. The van der Waals surface area contributed by atoms with E-state index in [1.54, 1.807) is 24.0 Å². The maximum absolute atomic E-state index is 14.3. The number of hydrogen-bond acceptors (Lipinski definition) is 7. The number of rotatable bonds is 7. The van der Waals surface area contributed by atoms with Crippen molar-refractivity contribution < 1.29 is 33.8 Å². The summed E-state index contributed by atoms with van der Waals surface area (Å²) in [6.07, 6.45) is 8.50. The third-order valence-corrected chi connectivity index (χ3v) is 8.77. The Morgan fingerprint density at radius 2 is 1.83 bits per heavy atom. The number of benzene rings is 1. The molecule has 10 heteroatoms. The smallest absolute Gasteiger partial charge is 0.313 e. The van der Waals surface area contributed by atoms with Gasteiger partial charge in [-0.25, -0.2) is 0 Å². The number of allylic oxidation sites excluding steroid dienone is 1. The zero-order valence-electron chi connectivity index (χ0n) is 24.3. The van der Waals surface area contributed by atoms with E-state index in [-0.39, 0.29) is 37.3 Å². The van der Waals surface area contributed by atoms with Crippen molar-refractivity contribution in [3.8, 4) is 0 Å². The number of amides is 3. The van der Waals surface area contributed by atoms with Crippen LogP contribution < -0.4 is 5.32 Å². The molecule has 0 radical (unpaired) electrons. The van der Waals surface area contributed by atoms with E-state index in [0.29, 0.717) is 31.5 Å². The van der Waals surface area contributed by atoms with Crippen LogP contribution in [0.4, 0.5) is 0 Å². The van der Waals surface area contributed by atoms with Crippen LogP contribution in [0.1, 0.15) is 57.6 Å². The first-order valence-corrected chi connectivity index (χ1v) is 15.1. The lowest BCUT2D eigenvalue weighted by Crippen LogP contribution is -2.56. The fourth-order valence-corrected chi connectivity index (χ4v) is 6.75. The third kappa shape index (κ3) is 5.49. The molecule has 0 aromatic heterocycles. The van der Waals surface area contributed by atoms with E-state index in [4.69, 9.17) is 9.47 Å². The lowest BCUT2D eigenvalue weighted by molar-refractivity contribution is -0.161. The summed E-state index contributed by atoms with van der Waals surface area (Å²) in [5.74, 6) is -3.27. The molecule has 7 atom stereocenters. The summed E-state index contributed by atoms with van der Waals surface area (Å²) >= 11 is 0. The van der Waals surface area contributed by atoms with Gasteiger partial charge in [-0.05, 0) is 31.7 Å². The van der Waals surface area contributed by atoms with E-state index in [1.807, 2.05) is 49.4 Å². The van der Waals surface area contributed by atoms with Gasteiger partial charge in [-0.2, -0.15) is 0 Å². The number of carbonyl (C=O) groups excluding carboxylic acids is 4. The number of nitrogens with one attached hydrogen (secondary N) is 1. The Labute approximate surface area is 246 Å². The molecular formula is C32H41N3O7. The molecule has 2 N–H and O–H groups in total. The van der Waals surface area contributed by atoms with Gasteiger partial charge >= 0.3 is 5.97 Å². The maximum Gasteiger partial charge on any atom is 0.313 e. The van der Waals surface area contributed by atoms with Crippen molar-refractivity contribution >= 4 is 23.7 Å². The molecule has 226 valence electrons. The second kappa shape index (κ2) is 12.8. The van der Waals surface area contributed by atoms with Gasteiger partial charge in [0.25, 0.3) is 0 Å². The molecule has 5 rings (SSSR count). The van der Waals surface area contributed by atoms with E-state index >= 15 is 0 Å². The summed E-state index contributed by atoms with van der Waals surface area (Å²) in [5.41, 5.74) is -0.588. The van der Waals surface area contributed by atoms with Crippen LogP contribution in [0.15, 0.2) is 54.6 Å². The Kier molecular flexibility index (Phi) is 9.13.